The van der Waals surface area contributed by atoms with E-state index in [-0.39, 0.29) is 0 Å². The molecular weight excluding hydrogens is 497 g/mol. The molecule has 2 amide bonds. The number of aliphatic hydroxyl groups is 1. The van der Waals surface area contributed by atoms with Gasteiger partial charge in [0.1, 0.15) is 11.1 Å². The number of hydrogen-bond donors (Lipinski definition) is 3. The van der Waals surface area contributed by atoms with E-state index in [1.165, 1.54) is 0 Å². The topological polar surface area (TPSA) is 87.7 Å². The summed E-state index contributed by atoms with van der Waals surface area (Å²) in [5.41, 5.74) is -0.278. The predicted molar refractivity (Wildman–Crippen MR) is 137 cm³/mol. The van der Waals surface area contributed by atoms with Crippen LogP contribution in [0.3, 0.4) is 0 Å². The average Bonchev–Trinajstić information content (AvgIpc) is 2.86. The smallest absolute Gasteiger partial charge is 0.416 e. The largest absolute Gasteiger partial charge is 0.444 e. The molecule has 3 N–H and O–H groups in total. The van der Waals surface area contributed by atoms with Crippen LogP contribution in [0.5, 0.6) is 0 Å². The Balaban J connectivity index is 2.04. The van der Waals surface area contributed by atoms with E-state index < -0.39 is 47.9 Å². The molecule has 0 bridgehead atoms. The fourth-order valence-electron chi connectivity index (χ4n) is 4.17. The van der Waals surface area contributed by atoms with Gasteiger partial charge in [0.25, 0.3) is 0 Å². The summed E-state index contributed by atoms with van der Waals surface area (Å²) in [5.74, 6) is -0.828. The maximum absolute atomic E-state index is 13.5. The van der Waals surface area contributed by atoms with Crippen LogP contribution < -0.4 is 10.6 Å². The lowest BCUT2D eigenvalue weighted by molar-refractivity contribution is -0.212. The summed E-state index contributed by atoms with van der Waals surface area (Å²) in [7, 11) is 0. The second-order valence-corrected chi connectivity index (χ2v) is 9.84. The lowest BCUT2D eigenvalue weighted by Crippen LogP contribution is -2.55. The first-order chi connectivity index (χ1) is 17.8. The summed E-state index contributed by atoms with van der Waals surface area (Å²) in [6.45, 7) is 4.63. The fourth-order valence-corrected chi connectivity index (χ4v) is 4.17. The molecule has 0 heterocycles. The van der Waals surface area contributed by atoms with Gasteiger partial charge in [-0.05, 0) is 37.5 Å². The zero-order chi connectivity index (χ0) is 28.0. The van der Waals surface area contributed by atoms with E-state index in [0.717, 1.165) is 0 Å². The van der Waals surface area contributed by atoms with Crippen molar-refractivity contribution in [1.29, 1.82) is 0 Å². The fraction of sp³-hybridized carbons (Fsp3) is 0.310. The Morgan fingerprint density at radius 1 is 0.789 bits per heavy atom. The molecule has 1 unspecified atom stereocenters. The number of aliphatic hydroxyl groups excluding tert-OH is 1. The Morgan fingerprint density at radius 3 is 1.53 bits per heavy atom. The van der Waals surface area contributed by atoms with Gasteiger partial charge in [-0.1, -0.05) is 91.0 Å². The van der Waals surface area contributed by atoms with Crippen LogP contribution in [0.1, 0.15) is 43.9 Å². The lowest BCUT2D eigenvalue weighted by atomic mass is 9.77. The van der Waals surface area contributed by atoms with E-state index in [1.54, 1.807) is 93.6 Å². The molecule has 0 fully saturated rings. The minimum Gasteiger partial charge on any atom is -0.444 e. The van der Waals surface area contributed by atoms with Crippen molar-refractivity contribution in [3.63, 3.8) is 0 Å². The van der Waals surface area contributed by atoms with E-state index in [9.17, 15) is 27.9 Å². The van der Waals surface area contributed by atoms with Crippen LogP contribution in [-0.2, 0) is 15.1 Å². The van der Waals surface area contributed by atoms with Gasteiger partial charge in [0.15, 0.2) is 6.10 Å². The molecule has 202 valence electrons. The molecule has 3 rings (SSSR count). The molecule has 0 spiro atoms. The van der Waals surface area contributed by atoms with E-state index >= 15 is 0 Å². The zero-order valence-corrected chi connectivity index (χ0v) is 21.3. The number of amides is 2. The normalized spacial score (nSPS) is 13.8. The van der Waals surface area contributed by atoms with Crippen molar-refractivity contribution in [2.24, 2.45) is 0 Å². The highest BCUT2D eigenvalue weighted by Gasteiger charge is 2.46. The van der Waals surface area contributed by atoms with E-state index in [4.69, 9.17) is 4.74 Å². The SMILES string of the molecule is CC(C)(C)OC(=O)N[C@H](CC(=O)NC(c1ccccc1)(c1ccccc1)c1ccccc1)C(O)C(F)(F)F. The molecule has 2 atom stereocenters. The maximum atomic E-state index is 13.5. The molecule has 0 aliphatic carbocycles. The van der Waals surface area contributed by atoms with Crippen LogP contribution in [0, 0.1) is 0 Å². The van der Waals surface area contributed by atoms with Crippen molar-refractivity contribution in [1.82, 2.24) is 10.6 Å². The predicted octanol–water partition coefficient (Wildman–Crippen LogP) is 5.30. The summed E-state index contributed by atoms with van der Waals surface area (Å²) in [6.07, 6.45) is -10.1. The first kappa shape index (κ1) is 28.7. The van der Waals surface area contributed by atoms with Gasteiger partial charge < -0.3 is 20.5 Å². The highest BCUT2D eigenvalue weighted by molar-refractivity contribution is 5.80. The second kappa shape index (κ2) is 11.7. The zero-order valence-electron chi connectivity index (χ0n) is 21.3. The minimum absolute atomic E-state index is 0.666. The molecule has 0 aliphatic rings. The van der Waals surface area contributed by atoms with Crippen LogP contribution >= 0.6 is 0 Å². The summed E-state index contributed by atoms with van der Waals surface area (Å²) >= 11 is 0. The molecule has 38 heavy (non-hydrogen) atoms. The number of ether oxygens (including phenoxy) is 1. The number of halogens is 3. The number of alkyl carbamates (subject to hydrolysis) is 1. The number of benzene rings is 3. The van der Waals surface area contributed by atoms with Crippen molar-refractivity contribution < 1.29 is 32.6 Å². The lowest BCUT2D eigenvalue weighted by Gasteiger charge is -2.37. The Morgan fingerprint density at radius 2 is 1.18 bits per heavy atom. The van der Waals surface area contributed by atoms with Crippen molar-refractivity contribution in [3.05, 3.63) is 108 Å². The van der Waals surface area contributed by atoms with Crippen LogP contribution in [-0.4, -0.2) is 41.0 Å². The molecule has 9 heteroatoms. The van der Waals surface area contributed by atoms with Gasteiger partial charge in [0.2, 0.25) is 5.91 Å². The maximum Gasteiger partial charge on any atom is 0.416 e. The van der Waals surface area contributed by atoms with Gasteiger partial charge in [-0.25, -0.2) is 4.79 Å². The number of rotatable bonds is 8. The number of alkyl halides is 3. The minimum atomic E-state index is -5.09. The average molecular weight is 529 g/mol. The Kier molecular flexibility index (Phi) is 8.83. The number of carbonyl (C=O) groups is 2. The second-order valence-electron chi connectivity index (χ2n) is 9.84. The van der Waals surface area contributed by atoms with Gasteiger partial charge in [0.05, 0.1) is 6.04 Å². The monoisotopic (exact) mass is 528 g/mol. The molecular formula is C29H31F3N2O4. The Labute approximate surface area is 219 Å². The van der Waals surface area contributed by atoms with Gasteiger partial charge in [-0.3, -0.25) is 4.79 Å². The third kappa shape index (κ3) is 7.13. The molecule has 0 saturated heterocycles. The first-order valence-corrected chi connectivity index (χ1v) is 12.0. The van der Waals surface area contributed by atoms with E-state index in [1.807, 2.05) is 23.5 Å². The van der Waals surface area contributed by atoms with Crippen LogP contribution in [0.4, 0.5) is 18.0 Å². The van der Waals surface area contributed by atoms with Crippen molar-refractivity contribution in [2.75, 3.05) is 0 Å². The highest BCUT2D eigenvalue weighted by Crippen LogP contribution is 2.37. The number of hydrogen-bond acceptors (Lipinski definition) is 4. The third-order valence-electron chi connectivity index (χ3n) is 5.77. The summed E-state index contributed by atoms with van der Waals surface area (Å²) < 4.78 is 45.6. The molecule has 3 aromatic rings. The summed E-state index contributed by atoms with van der Waals surface area (Å²) in [6, 6.07) is 25.0. The first-order valence-electron chi connectivity index (χ1n) is 12.0. The molecule has 0 aliphatic heterocycles. The van der Waals surface area contributed by atoms with E-state index in [2.05, 4.69) is 5.32 Å². The van der Waals surface area contributed by atoms with Crippen molar-refractivity contribution in [3.8, 4) is 0 Å². The van der Waals surface area contributed by atoms with Gasteiger partial charge in [-0.2, -0.15) is 13.2 Å². The quantitative estimate of drug-likeness (QED) is 0.346. The van der Waals surface area contributed by atoms with Crippen molar-refractivity contribution >= 4 is 12.0 Å². The third-order valence-corrected chi connectivity index (χ3v) is 5.77. The summed E-state index contributed by atoms with van der Waals surface area (Å²) in [4.78, 5) is 25.8. The number of nitrogens with one attached hydrogen (secondary N) is 2. The Hall–Kier alpha value is -3.85. The molecule has 0 saturated carbocycles. The molecule has 0 radical (unpaired) electrons. The molecule has 6 nitrogen and oxygen atoms in total. The van der Waals surface area contributed by atoms with Crippen molar-refractivity contribution in [2.45, 2.75) is 56.7 Å². The van der Waals surface area contributed by atoms with Crippen LogP contribution in [0.2, 0.25) is 0 Å². The highest BCUT2D eigenvalue weighted by atomic mass is 19.4. The van der Waals surface area contributed by atoms with Gasteiger partial charge >= 0.3 is 12.3 Å². The summed E-state index contributed by atoms with van der Waals surface area (Å²) in [5, 5.41) is 15.0. The van der Waals surface area contributed by atoms with Crippen LogP contribution in [0.25, 0.3) is 0 Å². The van der Waals surface area contributed by atoms with E-state index in [0.29, 0.717) is 16.7 Å². The molecule has 3 aromatic carbocycles. The van der Waals surface area contributed by atoms with Gasteiger partial charge in [0, 0.05) is 6.42 Å². The van der Waals surface area contributed by atoms with Gasteiger partial charge in [-0.15, -0.1) is 0 Å². The Bertz CT molecular complexity index is 1100. The standard InChI is InChI=1S/C29H31F3N2O4/c1-27(2,3)38-26(37)33-23(25(36)29(30,31)32)19-24(35)34-28(20-13-7-4-8-14-20,21-15-9-5-10-16-21)22-17-11-6-12-18-22/h4-18,23,25,36H,19H2,1-3H3,(H,33,37)(H,34,35)/t23-,25?/m1/s1. The number of carbonyl (C=O) groups excluding carboxylic acids is 2. The molecule has 0 aromatic heterocycles. The van der Waals surface area contributed by atoms with Crippen LogP contribution in [0.15, 0.2) is 91.0 Å².